The highest BCUT2D eigenvalue weighted by Crippen LogP contribution is 2.21. The van der Waals surface area contributed by atoms with Gasteiger partial charge in [-0.05, 0) is 12.1 Å². The zero-order chi connectivity index (χ0) is 11.3. The third kappa shape index (κ3) is 3.40. The lowest BCUT2D eigenvalue weighted by molar-refractivity contribution is -0.115. The summed E-state index contributed by atoms with van der Waals surface area (Å²) in [5, 5.41) is 2.57. The Hall–Kier alpha value is -1.29. The van der Waals surface area contributed by atoms with Crippen LogP contribution in [0.1, 0.15) is 6.42 Å². The van der Waals surface area contributed by atoms with Crippen LogP contribution in [0.15, 0.2) is 18.2 Å². The van der Waals surface area contributed by atoms with E-state index >= 15 is 0 Å². The van der Waals surface area contributed by atoms with E-state index in [1.165, 1.54) is 25.3 Å². The molecule has 0 saturated heterocycles. The monoisotopic (exact) mass is 231 g/mol. The van der Waals surface area contributed by atoms with Crippen molar-refractivity contribution in [2.75, 3.05) is 18.3 Å². The summed E-state index contributed by atoms with van der Waals surface area (Å²) >= 11 is 5.40. The van der Waals surface area contributed by atoms with Gasteiger partial charge in [0.25, 0.3) is 0 Å². The SMILES string of the molecule is COc1cc(NC(=O)CCCl)ccc1F. The zero-order valence-corrected chi connectivity index (χ0v) is 8.97. The standard InChI is InChI=1S/C10H11ClFNO2/c1-15-9-6-7(2-3-8(9)12)13-10(14)4-5-11/h2-3,6H,4-5H2,1H3,(H,13,14). The summed E-state index contributed by atoms with van der Waals surface area (Å²) in [5.74, 6) is -0.324. The fraction of sp³-hybridized carbons (Fsp3) is 0.300. The average Bonchev–Trinajstić information content (AvgIpc) is 2.21. The average molecular weight is 232 g/mol. The highest BCUT2D eigenvalue weighted by atomic mass is 35.5. The van der Waals surface area contributed by atoms with Gasteiger partial charge in [-0.15, -0.1) is 11.6 Å². The number of ether oxygens (including phenoxy) is 1. The van der Waals surface area contributed by atoms with E-state index < -0.39 is 5.82 Å². The first-order valence-corrected chi connectivity index (χ1v) is 4.90. The van der Waals surface area contributed by atoms with Crippen LogP contribution < -0.4 is 10.1 Å². The molecule has 1 rings (SSSR count). The lowest BCUT2D eigenvalue weighted by atomic mass is 10.3. The van der Waals surface area contributed by atoms with Gasteiger partial charge in [0.2, 0.25) is 5.91 Å². The van der Waals surface area contributed by atoms with Crippen LogP contribution in [0, 0.1) is 5.82 Å². The number of hydrogen-bond acceptors (Lipinski definition) is 2. The Morgan fingerprint density at radius 1 is 1.60 bits per heavy atom. The number of carbonyl (C=O) groups is 1. The van der Waals surface area contributed by atoms with Crippen LogP contribution in [0.5, 0.6) is 5.75 Å². The van der Waals surface area contributed by atoms with E-state index in [-0.39, 0.29) is 24.0 Å². The molecule has 0 aliphatic carbocycles. The largest absolute Gasteiger partial charge is 0.494 e. The van der Waals surface area contributed by atoms with Gasteiger partial charge in [0.1, 0.15) is 0 Å². The van der Waals surface area contributed by atoms with Gasteiger partial charge >= 0.3 is 0 Å². The summed E-state index contributed by atoms with van der Waals surface area (Å²) in [5.41, 5.74) is 0.489. The van der Waals surface area contributed by atoms with Crippen molar-refractivity contribution in [1.82, 2.24) is 0 Å². The summed E-state index contributed by atoms with van der Waals surface area (Å²) in [7, 11) is 1.36. The Morgan fingerprint density at radius 3 is 2.93 bits per heavy atom. The predicted molar refractivity (Wildman–Crippen MR) is 56.9 cm³/mol. The molecule has 0 heterocycles. The third-order valence-corrected chi connectivity index (χ3v) is 1.95. The summed E-state index contributed by atoms with van der Waals surface area (Å²) in [6.45, 7) is 0. The molecular formula is C10H11ClFNO2. The van der Waals surface area contributed by atoms with Crippen molar-refractivity contribution >= 4 is 23.2 Å². The van der Waals surface area contributed by atoms with Crippen LogP contribution in [-0.4, -0.2) is 18.9 Å². The quantitative estimate of drug-likeness (QED) is 0.809. The highest BCUT2D eigenvalue weighted by Gasteiger charge is 2.05. The van der Waals surface area contributed by atoms with E-state index in [1.807, 2.05) is 0 Å². The number of hydrogen-bond donors (Lipinski definition) is 1. The number of nitrogens with one attached hydrogen (secondary N) is 1. The van der Waals surface area contributed by atoms with Crippen molar-refractivity contribution in [2.45, 2.75) is 6.42 Å². The molecule has 82 valence electrons. The molecule has 0 spiro atoms. The minimum Gasteiger partial charge on any atom is -0.494 e. The lowest BCUT2D eigenvalue weighted by Crippen LogP contribution is -2.11. The number of methoxy groups -OCH3 is 1. The summed E-state index contributed by atoms with van der Waals surface area (Å²) < 4.78 is 17.8. The van der Waals surface area contributed by atoms with E-state index in [2.05, 4.69) is 5.32 Å². The molecule has 0 aromatic heterocycles. The minimum atomic E-state index is -0.465. The Morgan fingerprint density at radius 2 is 2.33 bits per heavy atom. The molecule has 0 aliphatic heterocycles. The van der Waals surface area contributed by atoms with Crippen molar-refractivity contribution in [3.8, 4) is 5.75 Å². The van der Waals surface area contributed by atoms with Crippen molar-refractivity contribution in [3.63, 3.8) is 0 Å². The zero-order valence-electron chi connectivity index (χ0n) is 8.22. The van der Waals surface area contributed by atoms with E-state index in [0.717, 1.165) is 0 Å². The Balaban J connectivity index is 2.74. The molecule has 3 nitrogen and oxygen atoms in total. The number of anilines is 1. The molecule has 0 bridgehead atoms. The molecule has 0 radical (unpaired) electrons. The topological polar surface area (TPSA) is 38.3 Å². The van der Waals surface area contributed by atoms with Gasteiger partial charge in [0.15, 0.2) is 11.6 Å². The van der Waals surface area contributed by atoms with Gasteiger partial charge in [-0.1, -0.05) is 0 Å². The van der Waals surface area contributed by atoms with E-state index in [1.54, 1.807) is 0 Å². The van der Waals surface area contributed by atoms with Gasteiger partial charge in [0.05, 0.1) is 7.11 Å². The van der Waals surface area contributed by atoms with Crippen molar-refractivity contribution < 1.29 is 13.9 Å². The molecule has 5 heteroatoms. The lowest BCUT2D eigenvalue weighted by Gasteiger charge is -2.06. The maximum Gasteiger partial charge on any atom is 0.225 e. The van der Waals surface area contributed by atoms with E-state index in [9.17, 15) is 9.18 Å². The second kappa shape index (κ2) is 5.56. The second-order valence-corrected chi connectivity index (χ2v) is 3.21. The third-order valence-electron chi connectivity index (χ3n) is 1.76. The number of alkyl halides is 1. The maximum atomic E-state index is 13.0. The number of amides is 1. The first-order valence-electron chi connectivity index (χ1n) is 4.36. The summed E-state index contributed by atoms with van der Waals surface area (Å²) in [4.78, 5) is 11.2. The molecule has 1 aromatic carbocycles. The van der Waals surface area contributed by atoms with E-state index in [0.29, 0.717) is 5.69 Å². The maximum absolute atomic E-state index is 13.0. The van der Waals surface area contributed by atoms with Crippen LogP contribution in [0.4, 0.5) is 10.1 Å². The molecule has 0 atom stereocenters. The summed E-state index contributed by atoms with van der Waals surface area (Å²) in [6.07, 6.45) is 0.223. The van der Waals surface area contributed by atoms with Gasteiger partial charge in [-0.3, -0.25) is 4.79 Å². The normalized spacial score (nSPS) is 9.80. The van der Waals surface area contributed by atoms with Crippen LogP contribution in [0.3, 0.4) is 0 Å². The van der Waals surface area contributed by atoms with Crippen LogP contribution in [-0.2, 0) is 4.79 Å². The highest BCUT2D eigenvalue weighted by molar-refractivity contribution is 6.19. The Kier molecular flexibility index (Phi) is 4.37. The fourth-order valence-corrected chi connectivity index (χ4v) is 1.22. The van der Waals surface area contributed by atoms with Crippen molar-refractivity contribution in [1.29, 1.82) is 0 Å². The van der Waals surface area contributed by atoms with Crippen LogP contribution >= 0.6 is 11.6 Å². The van der Waals surface area contributed by atoms with Gasteiger partial charge in [-0.2, -0.15) is 0 Å². The molecule has 1 amide bonds. The number of carbonyl (C=O) groups excluding carboxylic acids is 1. The number of benzene rings is 1. The first kappa shape index (κ1) is 11.8. The van der Waals surface area contributed by atoms with Gasteiger partial charge in [0, 0.05) is 24.1 Å². The molecule has 0 unspecified atom stereocenters. The molecule has 1 aromatic rings. The van der Waals surface area contributed by atoms with Crippen LogP contribution in [0.2, 0.25) is 0 Å². The smallest absolute Gasteiger partial charge is 0.225 e. The summed E-state index contributed by atoms with van der Waals surface area (Å²) in [6, 6.07) is 4.11. The van der Waals surface area contributed by atoms with Gasteiger partial charge < -0.3 is 10.1 Å². The first-order chi connectivity index (χ1) is 7.17. The van der Waals surface area contributed by atoms with E-state index in [4.69, 9.17) is 16.3 Å². The Labute approximate surface area is 92.2 Å². The predicted octanol–water partition coefficient (Wildman–Crippen LogP) is 2.40. The molecule has 15 heavy (non-hydrogen) atoms. The van der Waals surface area contributed by atoms with Crippen LogP contribution in [0.25, 0.3) is 0 Å². The van der Waals surface area contributed by atoms with Crippen molar-refractivity contribution in [3.05, 3.63) is 24.0 Å². The fourth-order valence-electron chi connectivity index (χ4n) is 1.05. The van der Waals surface area contributed by atoms with Crippen molar-refractivity contribution in [2.24, 2.45) is 0 Å². The Bertz CT molecular complexity index is 357. The number of halogens is 2. The van der Waals surface area contributed by atoms with Gasteiger partial charge in [-0.25, -0.2) is 4.39 Å². The molecule has 0 aliphatic rings. The molecule has 0 saturated carbocycles. The second-order valence-electron chi connectivity index (χ2n) is 2.84. The molecular weight excluding hydrogens is 221 g/mol. The molecule has 1 N–H and O–H groups in total. The minimum absolute atomic E-state index is 0.0960. The number of rotatable bonds is 4. The molecule has 0 fully saturated rings.